The van der Waals surface area contributed by atoms with Gasteiger partial charge in [-0.3, -0.25) is 38.1 Å². The number of nitrogens with one attached hydrogen (secondary N) is 4. The van der Waals surface area contributed by atoms with Gasteiger partial charge < -0.3 is 60.6 Å². The van der Waals surface area contributed by atoms with E-state index in [0.29, 0.717) is 74.5 Å². The highest BCUT2D eigenvalue weighted by Crippen LogP contribution is 2.46. The summed E-state index contributed by atoms with van der Waals surface area (Å²) in [5.74, 6) is 0.660. The van der Waals surface area contributed by atoms with E-state index < -0.39 is 48.3 Å². The number of hydrogen-bond acceptors (Lipinski definition) is 20. The first-order valence-electron chi connectivity index (χ1n) is 26.3. The van der Waals surface area contributed by atoms with Crippen molar-refractivity contribution in [2.75, 3.05) is 60.7 Å². The van der Waals surface area contributed by atoms with Crippen LogP contribution in [0, 0.1) is 0 Å². The number of amides is 4. The molecule has 0 radical (unpaired) electrons. The Labute approximate surface area is 450 Å². The molecule has 4 aromatic carbocycles. The molecule has 6 aliphatic rings. The molecule has 0 aliphatic carbocycles. The van der Waals surface area contributed by atoms with Crippen molar-refractivity contribution in [2.45, 2.75) is 64.5 Å². The van der Waals surface area contributed by atoms with Crippen LogP contribution in [0.3, 0.4) is 0 Å². The molecule has 12 rings (SSSR count). The summed E-state index contributed by atoms with van der Waals surface area (Å²) < 4.78 is 49.3. The standard InChI is InChI=1S/2C25H23N5O7.2CH4.ClH/c2*31-12-19-16(32)10-20(37-19)30-11-18-22(28-25(30)35)27-21-15(6-3-7-17(21)36-18)26-8-9-29-23(33)13-4-1-2-5-14(13)24(29)34;;;/h2*1-7,11,16,19-20,26,31-32H,8-10,12H2,(H,27,28,35);2*1H4;1H/i31T;;2*1D;/hT. The first-order valence-corrected chi connectivity index (χ1v) is 23.6. The minimum absolute atomic E-state index is 0.126. The predicted octanol–water partition coefficient (Wildman–Crippen LogP) is 4.58. The van der Waals surface area contributed by atoms with Crippen molar-refractivity contribution >= 4 is 70.3 Å². The van der Waals surface area contributed by atoms with Gasteiger partial charge in [0.05, 0.1) is 71.4 Å². The Hall–Kier alpha value is -8.23. The number of para-hydroxylation sites is 2. The maximum atomic E-state index is 12.8. The molecule has 4 amide bonds. The van der Waals surface area contributed by atoms with Crippen LogP contribution < -0.4 is 42.1 Å². The average Bonchev–Trinajstić information content (AvgIpc) is 4.31. The van der Waals surface area contributed by atoms with Crippen LogP contribution in [-0.2, 0) is 9.47 Å². The van der Waals surface area contributed by atoms with Crippen molar-refractivity contribution < 1.29 is 61.3 Å². The first kappa shape index (κ1) is 49.6. The zero-order chi connectivity index (χ0) is 58.1. The summed E-state index contributed by atoms with van der Waals surface area (Å²) in [6.07, 6.45) is -1.65. The number of carbonyl (C=O) groups is 4. The summed E-state index contributed by atoms with van der Waals surface area (Å²) in [6.45, 7) is 0.418. The molecule has 77 heavy (non-hydrogen) atoms. The lowest BCUT2D eigenvalue weighted by atomic mass is 10.1. The zero-order valence-corrected chi connectivity index (χ0v) is 42.0. The number of halogens is 1. The van der Waals surface area contributed by atoms with Crippen molar-refractivity contribution in [2.24, 2.45) is 0 Å². The van der Waals surface area contributed by atoms with E-state index in [1.165, 1.54) is 46.1 Å². The van der Waals surface area contributed by atoms with E-state index in [0.717, 1.165) is 0 Å². The summed E-state index contributed by atoms with van der Waals surface area (Å²) in [5.41, 5.74) is 2.76. The van der Waals surface area contributed by atoms with E-state index in [-0.39, 0.29) is 81.0 Å². The SMILES string of the molecule is O=C1c2ccccc2C(=O)N1CCNc1cccc2c1Nc1nc(=O)n(C3CC(O)C(CO)O3)cc1O2.[2H]C.[2H]C.[3H]Cl.[3H]OCC1OC(n2cc3c(nc2=O)Nc2c(NCCN4C(=O)c5ccccc5C4=O)cccc2O3)CC1O. The molecular weight excluding hydrogens is 1020 g/mol. The van der Waals surface area contributed by atoms with Crippen LogP contribution in [0.5, 0.6) is 23.0 Å². The Morgan fingerprint density at radius 3 is 1.36 bits per heavy atom. The summed E-state index contributed by atoms with van der Waals surface area (Å²) in [5, 5.41) is 46.5. The van der Waals surface area contributed by atoms with Crippen molar-refractivity contribution in [3.05, 3.63) is 141 Å². The maximum absolute atomic E-state index is 12.8. The number of hydrogen-bond donors (Lipinski definition) is 8. The largest absolute Gasteiger partial charge is 0.450 e. The van der Waals surface area contributed by atoms with Gasteiger partial charge in [0.25, 0.3) is 23.6 Å². The molecule has 2 fully saturated rings. The van der Waals surface area contributed by atoms with Crippen molar-refractivity contribution in [1.29, 1.82) is 2.60 Å². The van der Waals surface area contributed by atoms with Gasteiger partial charge in [0, 0.05) is 41.8 Å². The number of rotatable bonds is 13. The number of fused-ring (bicyclic) bond motifs is 6. The molecule has 8 heterocycles. The Balaban J connectivity index is 0.000000195. The van der Waals surface area contributed by atoms with Crippen LogP contribution >= 0.6 is 12.3 Å². The molecule has 404 valence electrons. The quantitative estimate of drug-likeness (QED) is 0.0733. The monoisotopic (exact) mass is 1080 g/mol. The Morgan fingerprint density at radius 2 is 1.00 bits per heavy atom. The van der Waals surface area contributed by atoms with E-state index in [1.54, 1.807) is 84.9 Å². The van der Waals surface area contributed by atoms with Crippen LogP contribution in [0.25, 0.3) is 0 Å². The lowest BCUT2D eigenvalue weighted by Gasteiger charge is -2.25. The van der Waals surface area contributed by atoms with Gasteiger partial charge in [-0.1, -0.05) is 51.2 Å². The second-order valence-corrected chi connectivity index (χ2v) is 17.8. The third-order valence-corrected chi connectivity index (χ3v) is 13.2. The maximum Gasteiger partial charge on any atom is 0.351 e. The molecular formula is C52H55ClN10O14. The summed E-state index contributed by atoms with van der Waals surface area (Å²) in [4.78, 5) is 86.5. The normalized spacial score (nSPS) is 21.3. The molecule has 6 aliphatic heterocycles. The smallest absolute Gasteiger partial charge is 0.351 e. The number of ether oxygens (including phenoxy) is 4. The fourth-order valence-electron chi connectivity index (χ4n) is 9.48. The van der Waals surface area contributed by atoms with Crippen LogP contribution in [0.15, 0.2) is 107 Å². The molecule has 6 atom stereocenters. The number of nitrogens with zero attached hydrogens (tertiary/aromatic N) is 6. The van der Waals surface area contributed by atoms with Gasteiger partial charge in [0.15, 0.2) is 34.6 Å². The van der Waals surface area contributed by atoms with Crippen molar-refractivity contribution in [1.82, 2.24) is 28.9 Å². The Bertz CT molecular complexity index is 3370. The lowest BCUT2D eigenvalue weighted by Crippen LogP contribution is -2.34. The molecule has 6 unspecified atom stereocenters. The fourth-order valence-corrected chi connectivity index (χ4v) is 9.48. The number of aliphatic hydroxyl groups excluding tert-OH is 4. The van der Waals surface area contributed by atoms with Crippen LogP contribution in [0.4, 0.5) is 34.4 Å². The van der Waals surface area contributed by atoms with Gasteiger partial charge >= 0.3 is 11.4 Å². The number of imide groups is 2. The van der Waals surface area contributed by atoms with Gasteiger partial charge in [0.1, 0.15) is 37.2 Å². The molecule has 2 aromatic heterocycles. The number of aliphatic hydroxyl groups is 4. The fraction of sp³-hybridized carbons (Fsp3) is 0.308. The third-order valence-electron chi connectivity index (χ3n) is 13.2. The average molecular weight is 1090 g/mol. The van der Waals surface area contributed by atoms with E-state index in [9.17, 15) is 44.1 Å². The summed E-state index contributed by atoms with van der Waals surface area (Å²) >= 11 is 3.89. The molecule has 8 N–H and O–H groups in total. The lowest BCUT2D eigenvalue weighted by molar-refractivity contribution is -0.0459. The molecule has 0 spiro atoms. The van der Waals surface area contributed by atoms with E-state index >= 15 is 0 Å². The van der Waals surface area contributed by atoms with Crippen LogP contribution in [0.1, 0.15) is 84.3 Å². The second-order valence-electron chi connectivity index (χ2n) is 17.8. The van der Waals surface area contributed by atoms with Gasteiger partial charge in [-0.15, -0.1) is 12.3 Å². The number of anilines is 6. The van der Waals surface area contributed by atoms with Crippen molar-refractivity contribution in [3.8, 4) is 23.0 Å². The Morgan fingerprint density at radius 1 is 0.610 bits per heavy atom. The highest BCUT2D eigenvalue weighted by molar-refractivity contribution is 6.22. The minimum atomic E-state index is -0.897. The van der Waals surface area contributed by atoms with Crippen LogP contribution in [0.2, 0.25) is 0 Å². The first-order chi connectivity index (χ1) is 39.4. The van der Waals surface area contributed by atoms with Gasteiger partial charge in [0.2, 0.25) is 1.43 Å². The highest BCUT2D eigenvalue weighted by atomic mass is 35.5. The molecule has 25 heteroatoms. The molecule has 0 bridgehead atoms. The van der Waals surface area contributed by atoms with Gasteiger partial charge in [-0.05, 0) is 48.5 Å². The minimum Gasteiger partial charge on any atom is -0.450 e. The van der Waals surface area contributed by atoms with Gasteiger partial charge in [-0.25, -0.2) is 9.59 Å². The molecule has 0 saturated carbocycles. The third kappa shape index (κ3) is 10.2. The molecule has 2 saturated heterocycles. The molecule has 6 aromatic rings. The topological polar surface area (TPSA) is 310 Å². The van der Waals surface area contributed by atoms with E-state index in [2.05, 4.69) is 48.7 Å². The number of aromatic nitrogens is 4. The molecule has 24 nitrogen and oxygen atoms in total. The van der Waals surface area contributed by atoms with Crippen LogP contribution in [-0.4, -0.2) is 139 Å². The number of benzene rings is 4. The zero-order valence-electron chi connectivity index (χ0n) is 45.3. The van der Waals surface area contributed by atoms with E-state index in [4.69, 9.17) is 24.3 Å². The van der Waals surface area contributed by atoms with E-state index in [1.807, 2.05) is 0 Å². The number of carbonyl (C=O) groups excluding carboxylic acids is 4. The summed E-state index contributed by atoms with van der Waals surface area (Å²) in [7, 11) is 2.50. The highest BCUT2D eigenvalue weighted by Gasteiger charge is 2.39. The van der Waals surface area contributed by atoms with Gasteiger partial charge in [-0.2, -0.15) is 9.97 Å². The summed E-state index contributed by atoms with van der Waals surface area (Å²) in [6, 6.07) is 24.1. The second kappa shape index (κ2) is 22.5. The predicted molar refractivity (Wildman–Crippen MR) is 281 cm³/mol. The Kier molecular flexibility index (Phi) is 14.5. The van der Waals surface area contributed by atoms with Crippen molar-refractivity contribution in [3.63, 3.8) is 0 Å².